The first-order valence-corrected chi connectivity index (χ1v) is 11.1. The standard InChI is InChI=1S/C26H24F6O6/c1-2-35-23(24(33)34)14-18-7-9-20(10-8-18)36-11-5-3-4-6-19-12-21(37-16-25(27,28)29)15-22(13-19)38-17-26(30,31)32/h3,5,7-10,12-13,15,23H,2,11,14,16-17H2,1H3,(H,33,34)/t23-/m0/s1. The van der Waals surface area contributed by atoms with Crippen molar-refractivity contribution in [3.05, 3.63) is 65.7 Å². The zero-order valence-corrected chi connectivity index (χ0v) is 20.1. The summed E-state index contributed by atoms with van der Waals surface area (Å²) >= 11 is 0. The van der Waals surface area contributed by atoms with Gasteiger partial charge in [0, 0.05) is 24.7 Å². The number of carboxylic acids is 1. The molecule has 0 bridgehead atoms. The molecule has 38 heavy (non-hydrogen) atoms. The van der Waals surface area contributed by atoms with E-state index in [1.54, 1.807) is 37.3 Å². The molecule has 0 radical (unpaired) electrons. The van der Waals surface area contributed by atoms with Gasteiger partial charge in [-0.15, -0.1) is 0 Å². The number of carboxylic acid groups (broad SMARTS) is 1. The molecular weight excluding hydrogens is 522 g/mol. The lowest BCUT2D eigenvalue weighted by atomic mass is 10.1. The van der Waals surface area contributed by atoms with E-state index in [1.807, 2.05) is 0 Å². The van der Waals surface area contributed by atoms with Gasteiger partial charge in [-0.1, -0.05) is 24.0 Å². The molecule has 0 fully saturated rings. The summed E-state index contributed by atoms with van der Waals surface area (Å²) in [7, 11) is 0. The lowest BCUT2D eigenvalue weighted by molar-refractivity contribution is -0.154. The first kappa shape index (κ1) is 30.4. The van der Waals surface area contributed by atoms with Crippen LogP contribution in [-0.2, 0) is 16.0 Å². The number of allylic oxidation sites excluding steroid dienone is 1. The third-order valence-corrected chi connectivity index (χ3v) is 4.44. The van der Waals surface area contributed by atoms with Gasteiger partial charge in [-0.05, 0) is 48.9 Å². The predicted molar refractivity (Wildman–Crippen MR) is 124 cm³/mol. The molecule has 1 atom stereocenters. The molecule has 0 spiro atoms. The highest BCUT2D eigenvalue weighted by atomic mass is 19.4. The van der Waals surface area contributed by atoms with Crippen molar-refractivity contribution in [1.29, 1.82) is 0 Å². The van der Waals surface area contributed by atoms with Crippen LogP contribution in [0.4, 0.5) is 26.3 Å². The van der Waals surface area contributed by atoms with E-state index in [9.17, 15) is 31.1 Å². The number of hydrogen-bond acceptors (Lipinski definition) is 5. The molecule has 0 aliphatic rings. The summed E-state index contributed by atoms with van der Waals surface area (Å²) in [6.45, 7) is -1.17. The van der Waals surface area contributed by atoms with E-state index in [-0.39, 0.29) is 36.7 Å². The Balaban J connectivity index is 1.97. The fraction of sp³-hybridized carbons (Fsp3) is 0.346. The molecule has 6 nitrogen and oxygen atoms in total. The number of ether oxygens (including phenoxy) is 4. The van der Waals surface area contributed by atoms with Gasteiger partial charge in [0.2, 0.25) is 0 Å². The molecule has 0 saturated heterocycles. The van der Waals surface area contributed by atoms with Crippen LogP contribution in [0.15, 0.2) is 54.6 Å². The normalized spacial score (nSPS) is 12.5. The fourth-order valence-electron chi connectivity index (χ4n) is 2.87. The summed E-state index contributed by atoms with van der Waals surface area (Å²) in [4.78, 5) is 11.2. The highest BCUT2D eigenvalue weighted by Gasteiger charge is 2.30. The minimum atomic E-state index is -4.64. The fourth-order valence-corrected chi connectivity index (χ4v) is 2.87. The Hall–Kier alpha value is -3.85. The van der Waals surface area contributed by atoms with Crippen LogP contribution in [-0.4, -0.2) is 56.0 Å². The number of rotatable bonds is 12. The van der Waals surface area contributed by atoms with E-state index in [0.29, 0.717) is 5.75 Å². The second-order valence-corrected chi connectivity index (χ2v) is 7.61. The van der Waals surface area contributed by atoms with Crippen LogP contribution in [0.5, 0.6) is 17.2 Å². The molecule has 12 heteroatoms. The average Bonchev–Trinajstić information content (AvgIpc) is 2.83. The van der Waals surface area contributed by atoms with Crippen molar-refractivity contribution < 1.29 is 55.2 Å². The molecule has 1 N–H and O–H groups in total. The van der Waals surface area contributed by atoms with Crippen LogP contribution >= 0.6 is 0 Å². The molecule has 2 aromatic carbocycles. The summed E-state index contributed by atoms with van der Waals surface area (Å²) in [5, 5.41) is 9.15. The number of alkyl halides is 6. The van der Waals surface area contributed by atoms with Crippen LogP contribution in [0.2, 0.25) is 0 Å². The van der Waals surface area contributed by atoms with Crippen LogP contribution in [0, 0.1) is 11.8 Å². The number of benzene rings is 2. The summed E-state index contributed by atoms with van der Waals surface area (Å²) in [5.41, 5.74) is 0.828. The Kier molecular flexibility index (Phi) is 11.3. The quantitative estimate of drug-likeness (QED) is 0.277. The Morgan fingerprint density at radius 2 is 1.50 bits per heavy atom. The predicted octanol–water partition coefficient (Wildman–Crippen LogP) is 5.59. The maximum absolute atomic E-state index is 12.4. The van der Waals surface area contributed by atoms with Crippen molar-refractivity contribution in [2.75, 3.05) is 26.4 Å². The maximum Gasteiger partial charge on any atom is 0.422 e. The Labute approximate surface area is 214 Å². The lowest BCUT2D eigenvalue weighted by Crippen LogP contribution is -2.26. The Bertz CT molecular complexity index is 1090. The molecule has 0 aliphatic heterocycles. The van der Waals surface area contributed by atoms with Crippen LogP contribution in [0.3, 0.4) is 0 Å². The van der Waals surface area contributed by atoms with Crippen molar-refractivity contribution in [2.24, 2.45) is 0 Å². The van der Waals surface area contributed by atoms with Gasteiger partial charge >= 0.3 is 18.3 Å². The molecule has 0 heterocycles. The van der Waals surface area contributed by atoms with E-state index in [4.69, 9.17) is 14.6 Å². The first-order chi connectivity index (χ1) is 17.8. The van der Waals surface area contributed by atoms with E-state index < -0.39 is 37.6 Å². The molecule has 2 aromatic rings. The van der Waals surface area contributed by atoms with Gasteiger partial charge in [-0.3, -0.25) is 0 Å². The summed E-state index contributed by atoms with van der Waals surface area (Å²) in [6, 6.07) is 9.94. The van der Waals surface area contributed by atoms with Crippen molar-refractivity contribution in [2.45, 2.75) is 31.8 Å². The van der Waals surface area contributed by atoms with Crippen LogP contribution in [0.1, 0.15) is 18.1 Å². The van der Waals surface area contributed by atoms with E-state index >= 15 is 0 Å². The van der Waals surface area contributed by atoms with Crippen molar-refractivity contribution in [1.82, 2.24) is 0 Å². The molecule has 0 saturated carbocycles. The number of carbonyl (C=O) groups is 1. The largest absolute Gasteiger partial charge is 0.490 e. The molecule has 0 amide bonds. The number of halogens is 6. The Morgan fingerprint density at radius 1 is 0.921 bits per heavy atom. The van der Waals surface area contributed by atoms with Gasteiger partial charge < -0.3 is 24.1 Å². The second kappa shape index (κ2) is 14.2. The van der Waals surface area contributed by atoms with Crippen molar-refractivity contribution in [3.8, 4) is 29.1 Å². The highest BCUT2D eigenvalue weighted by Crippen LogP contribution is 2.26. The Morgan fingerprint density at radius 3 is 2.00 bits per heavy atom. The van der Waals surface area contributed by atoms with Crippen molar-refractivity contribution >= 4 is 5.97 Å². The molecule has 0 aliphatic carbocycles. The SMILES string of the molecule is CCO[C@@H](Cc1ccc(OCC=CC#Cc2cc(OCC(F)(F)F)cc(OCC(F)(F)F)c2)cc1)C(=O)O. The molecule has 0 aromatic heterocycles. The molecule has 0 unspecified atom stereocenters. The smallest absolute Gasteiger partial charge is 0.422 e. The first-order valence-electron chi connectivity index (χ1n) is 11.1. The van der Waals surface area contributed by atoms with E-state index in [0.717, 1.165) is 23.8 Å². The van der Waals surface area contributed by atoms with Crippen molar-refractivity contribution in [3.63, 3.8) is 0 Å². The van der Waals surface area contributed by atoms with Crippen LogP contribution in [0.25, 0.3) is 0 Å². The lowest BCUT2D eigenvalue weighted by Gasteiger charge is -2.13. The molecule has 206 valence electrons. The van der Waals surface area contributed by atoms with Gasteiger partial charge in [0.25, 0.3) is 0 Å². The summed E-state index contributed by atoms with van der Waals surface area (Å²) in [5.74, 6) is 3.95. The summed E-state index contributed by atoms with van der Waals surface area (Å²) < 4.78 is 94.5. The van der Waals surface area contributed by atoms with Gasteiger partial charge in [0.1, 0.15) is 23.9 Å². The number of hydrogen-bond donors (Lipinski definition) is 1. The third kappa shape index (κ3) is 12.4. The summed E-state index contributed by atoms with van der Waals surface area (Å²) in [6.07, 6.45) is -7.08. The van der Waals surface area contributed by atoms with Gasteiger partial charge in [-0.25, -0.2) is 4.79 Å². The van der Waals surface area contributed by atoms with E-state index in [2.05, 4.69) is 21.3 Å². The maximum atomic E-state index is 12.4. The van der Waals surface area contributed by atoms with Gasteiger partial charge in [-0.2, -0.15) is 26.3 Å². The zero-order valence-electron chi connectivity index (χ0n) is 20.1. The average molecular weight is 546 g/mol. The third-order valence-electron chi connectivity index (χ3n) is 4.44. The second-order valence-electron chi connectivity index (χ2n) is 7.61. The van der Waals surface area contributed by atoms with Gasteiger partial charge in [0.05, 0.1) is 0 Å². The molecule has 2 rings (SSSR count). The van der Waals surface area contributed by atoms with Crippen LogP contribution < -0.4 is 14.2 Å². The van der Waals surface area contributed by atoms with Gasteiger partial charge in [0.15, 0.2) is 19.3 Å². The zero-order chi connectivity index (χ0) is 28.2. The van der Waals surface area contributed by atoms with E-state index in [1.165, 1.54) is 6.08 Å². The topological polar surface area (TPSA) is 74.2 Å². The number of aliphatic carboxylic acids is 1. The highest BCUT2D eigenvalue weighted by molar-refractivity contribution is 5.72. The molecular formula is C26H24F6O6. The minimum absolute atomic E-state index is 0.0784. The minimum Gasteiger partial charge on any atom is -0.490 e. The monoisotopic (exact) mass is 546 g/mol.